The standard InChI is InChI=1S/C16H15NO5S/c1-2-20-16(19)11-5-6-23-15(11)17-14(18)8-10-3-4-12-13(7-10)22-9-21-12/h3-7H,2,8-9H2,1H3,(H,17,18). The van der Waals surface area contributed by atoms with E-state index >= 15 is 0 Å². The van der Waals surface area contributed by atoms with Crippen LogP contribution in [0.15, 0.2) is 29.6 Å². The molecule has 0 atom stereocenters. The van der Waals surface area contributed by atoms with Crippen LogP contribution in [-0.4, -0.2) is 25.3 Å². The minimum atomic E-state index is -0.438. The van der Waals surface area contributed by atoms with Gasteiger partial charge in [-0.3, -0.25) is 4.79 Å². The van der Waals surface area contributed by atoms with Crippen LogP contribution in [0.1, 0.15) is 22.8 Å². The van der Waals surface area contributed by atoms with E-state index in [1.807, 2.05) is 6.07 Å². The molecule has 6 nitrogen and oxygen atoms in total. The highest BCUT2D eigenvalue weighted by Gasteiger charge is 2.17. The molecule has 0 spiro atoms. The third-order valence-corrected chi connectivity index (χ3v) is 4.05. The highest BCUT2D eigenvalue weighted by molar-refractivity contribution is 7.14. The maximum atomic E-state index is 12.2. The summed E-state index contributed by atoms with van der Waals surface area (Å²) in [6.45, 7) is 2.23. The molecule has 0 saturated heterocycles. The van der Waals surface area contributed by atoms with Crippen molar-refractivity contribution in [2.24, 2.45) is 0 Å². The summed E-state index contributed by atoms with van der Waals surface area (Å²) < 4.78 is 15.5. The molecule has 0 unspecified atom stereocenters. The minimum absolute atomic E-state index is 0.177. The van der Waals surface area contributed by atoms with Gasteiger partial charge in [-0.05, 0) is 36.1 Å². The number of fused-ring (bicyclic) bond motifs is 1. The van der Waals surface area contributed by atoms with Crippen molar-refractivity contribution in [1.82, 2.24) is 0 Å². The van der Waals surface area contributed by atoms with E-state index in [4.69, 9.17) is 14.2 Å². The van der Waals surface area contributed by atoms with E-state index in [0.29, 0.717) is 28.7 Å². The number of rotatable bonds is 5. The minimum Gasteiger partial charge on any atom is -0.462 e. The number of thiophene rings is 1. The molecular formula is C16H15NO5S. The Morgan fingerprint density at radius 1 is 1.26 bits per heavy atom. The lowest BCUT2D eigenvalue weighted by molar-refractivity contribution is -0.115. The van der Waals surface area contributed by atoms with Crippen LogP contribution < -0.4 is 14.8 Å². The topological polar surface area (TPSA) is 73.9 Å². The van der Waals surface area contributed by atoms with Crippen molar-refractivity contribution in [2.75, 3.05) is 18.7 Å². The van der Waals surface area contributed by atoms with Gasteiger partial charge in [-0.1, -0.05) is 6.07 Å². The van der Waals surface area contributed by atoms with Gasteiger partial charge < -0.3 is 19.5 Å². The first-order valence-corrected chi connectivity index (χ1v) is 7.98. The van der Waals surface area contributed by atoms with Crippen LogP contribution in [0, 0.1) is 0 Å². The Morgan fingerprint density at radius 3 is 2.91 bits per heavy atom. The van der Waals surface area contributed by atoms with Crippen molar-refractivity contribution in [3.05, 3.63) is 40.8 Å². The normalized spacial score (nSPS) is 12.0. The summed E-state index contributed by atoms with van der Waals surface area (Å²) in [5.41, 5.74) is 1.18. The van der Waals surface area contributed by atoms with Gasteiger partial charge in [0.1, 0.15) is 5.00 Å². The fourth-order valence-corrected chi connectivity index (χ4v) is 2.97. The molecule has 2 aromatic rings. The zero-order chi connectivity index (χ0) is 16.2. The van der Waals surface area contributed by atoms with E-state index in [2.05, 4.69) is 5.32 Å². The van der Waals surface area contributed by atoms with E-state index in [-0.39, 0.29) is 19.1 Å². The highest BCUT2D eigenvalue weighted by Crippen LogP contribution is 2.32. The molecule has 2 heterocycles. The Balaban J connectivity index is 1.66. The van der Waals surface area contributed by atoms with Crippen LogP contribution in [0.2, 0.25) is 0 Å². The monoisotopic (exact) mass is 333 g/mol. The predicted molar refractivity (Wildman–Crippen MR) is 85.2 cm³/mol. The van der Waals surface area contributed by atoms with Gasteiger partial charge in [0.2, 0.25) is 12.7 Å². The Labute approximate surface area is 137 Å². The number of esters is 1. The molecule has 23 heavy (non-hydrogen) atoms. The van der Waals surface area contributed by atoms with Crippen LogP contribution in [-0.2, 0) is 16.0 Å². The Kier molecular flexibility index (Phi) is 4.47. The summed E-state index contributed by atoms with van der Waals surface area (Å²) in [6, 6.07) is 7.01. The number of hydrogen-bond acceptors (Lipinski definition) is 6. The number of hydrogen-bond donors (Lipinski definition) is 1. The molecule has 1 N–H and O–H groups in total. The third kappa shape index (κ3) is 3.45. The van der Waals surface area contributed by atoms with E-state index in [1.54, 1.807) is 30.5 Å². The van der Waals surface area contributed by atoms with Crippen LogP contribution in [0.4, 0.5) is 5.00 Å². The fraction of sp³-hybridized carbons (Fsp3) is 0.250. The van der Waals surface area contributed by atoms with Gasteiger partial charge in [0.05, 0.1) is 18.6 Å². The van der Waals surface area contributed by atoms with Gasteiger partial charge in [-0.15, -0.1) is 11.3 Å². The second-order valence-electron chi connectivity index (χ2n) is 4.80. The molecule has 1 aromatic heterocycles. The molecule has 0 bridgehead atoms. The lowest BCUT2D eigenvalue weighted by Crippen LogP contribution is -2.16. The lowest BCUT2D eigenvalue weighted by atomic mass is 10.1. The van der Waals surface area contributed by atoms with Gasteiger partial charge in [-0.2, -0.15) is 0 Å². The molecule has 3 rings (SSSR count). The van der Waals surface area contributed by atoms with Crippen LogP contribution in [0.5, 0.6) is 11.5 Å². The van der Waals surface area contributed by atoms with Gasteiger partial charge >= 0.3 is 5.97 Å². The van der Waals surface area contributed by atoms with Gasteiger partial charge in [0, 0.05) is 0 Å². The summed E-state index contributed by atoms with van der Waals surface area (Å²) in [5, 5.41) is 4.99. The van der Waals surface area contributed by atoms with Crippen molar-refractivity contribution < 1.29 is 23.8 Å². The largest absolute Gasteiger partial charge is 0.462 e. The molecule has 1 aromatic carbocycles. The zero-order valence-electron chi connectivity index (χ0n) is 12.5. The average molecular weight is 333 g/mol. The molecule has 1 amide bonds. The van der Waals surface area contributed by atoms with Gasteiger partial charge in [-0.25, -0.2) is 4.79 Å². The number of amides is 1. The molecule has 0 fully saturated rings. The smallest absolute Gasteiger partial charge is 0.341 e. The summed E-state index contributed by atoms with van der Waals surface area (Å²) in [5.74, 6) is 0.666. The van der Waals surface area contributed by atoms with Gasteiger partial charge in [0.25, 0.3) is 0 Å². The zero-order valence-corrected chi connectivity index (χ0v) is 13.3. The summed E-state index contributed by atoms with van der Waals surface area (Å²) >= 11 is 1.29. The second-order valence-corrected chi connectivity index (χ2v) is 5.71. The average Bonchev–Trinajstić information content (AvgIpc) is 3.15. The predicted octanol–water partition coefficient (Wildman–Crippen LogP) is 2.83. The van der Waals surface area contributed by atoms with Crippen molar-refractivity contribution in [1.29, 1.82) is 0 Å². The number of ether oxygens (including phenoxy) is 3. The summed E-state index contributed by atoms with van der Waals surface area (Å²) in [4.78, 5) is 24.0. The second kappa shape index (κ2) is 6.70. The van der Waals surface area contributed by atoms with Crippen LogP contribution in [0.25, 0.3) is 0 Å². The van der Waals surface area contributed by atoms with Crippen LogP contribution in [0.3, 0.4) is 0 Å². The van der Waals surface area contributed by atoms with E-state index in [0.717, 1.165) is 5.56 Å². The van der Waals surface area contributed by atoms with Crippen LogP contribution >= 0.6 is 11.3 Å². The Bertz CT molecular complexity index is 740. The summed E-state index contributed by atoms with van der Waals surface area (Å²) in [7, 11) is 0. The number of nitrogens with one attached hydrogen (secondary N) is 1. The molecule has 1 aliphatic rings. The first-order chi connectivity index (χ1) is 11.2. The number of anilines is 1. The number of carbonyl (C=O) groups is 2. The first kappa shape index (κ1) is 15.4. The first-order valence-electron chi connectivity index (χ1n) is 7.10. The Hall–Kier alpha value is -2.54. The quantitative estimate of drug-likeness (QED) is 0.852. The lowest BCUT2D eigenvalue weighted by Gasteiger charge is -2.07. The van der Waals surface area contributed by atoms with Crippen molar-refractivity contribution in [3.8, 4) is 11.5 Å². The SMILES string of the molecule is CCOC(=O)c1ccsc1NC(=O)Cc1ccc2c(c1)OCO2. The molecule has 7 heteroatoms. The number of carbonyl (C=O) groups excluding carboxylic acids is 2. The molecule has 120 valence electrons. The van der Waals surface area contributed by atoms with E-state index < -0.39 is 5.97 Å². The maximum Gasteiger partial charge on any atom is 0.341 e. The molecule has 0 radical (unpaired) electrons. The van der Waals surface area contributed by atoms with Crippen molar-refractivity contribution in [3.63, 3.8) is 0 Å². The van der Waals surface area contributed by atoms with Crippen molar-refractivity contribution in [2.45, 2.75) is 13.3 Å². The molecule has 0 saturated carbocycles. The third-order valence-electron chi connectivity index (χ3n) is 3.22. The maximum absolute atomic E-state index is 12.2. The molecule has 1 aliphatic heterocycles. The number of benzene rings is 1. The van der Waals surface area contributed by atoms with Crippen molar-refractivity contribution >= 4 is 28.2 Å². The van der Waals surface area contributed by atoms with E-state index in [1.165, 1.54) is 11.3 Å². The summed E-state index contributed by atoms with van der Waals surface area (Å²) in [6.07, 6.45) is 0.177. The Morgan fingerprint density at radius 2 is 2.09 bits per heavy atom. The molecule has 0 aliphatic carbocycles. The highest BCUT2D eigenvalue weighted by atomic mass is 32.1. The van der Waals surface area contributed by atoms with E-state index in [9.17, 15) is 9.59 Å². The fourth-order valence-electron chi connectivity index (χ4n) is 2.18. The van der Waals surface area contributed by atoms with Gasteiger partial charge in [0.15, 0.2) is 11.5 Å². The molecular weight excluding hydrogens is 318 g/mol.